The van der Waals surface area contributed by atoms with Gasteiger partial charge in [0.05, 0.1) is 11.1 Å². The number of rotatable bonds is 4. The van der Waals surface area contributed by atoms with Crippen LogP contribution >= 0.6 is 23.6 Å². The average molecular weight is 302 g/mol. The van der Waals surface area contributed by atoms with Crippen molar-refractivity contribution in [3.8, 4) is 10.7 Å². The van der Waals surface area contributed by atoms with Gasteiger partial charge in [0.15, 0.2) is 5.82 Å². The van der Waals surface area contributed by atoms with Gasteiger partial charge in [0, 0.05) is 6.21 Å². The number of hydrogen-bond donors (Lipinski definition) is 1. The number of H-pyrrole nitrogens is 1. The first-order valence-corrected chi connectivity index (χ1v) is 7.09. The molecule has 100 valence electrons. The van der Waals surface area contributed by atoms with Crippen LogP contribution in [0.4, 0.5) is 0 Å². The van der Waals surface area contributed by atoms with Crippen LogP contribution in [-0.2, 0) is 0 Å². The van der Waals surface area contributed by atoms with Crippen LogP contribution in [0.3, 0.4) is 0 Å². The van der Waals surface area contributed by atoms with Gasteiger partial charge in [-0.25, -0.2) is 5.10 Å². The standard InChI is InChI=1S/C13H10N4OS2/c19-13-16-15-12(11-6-3-9-20-11)17(13)14-7-1-4-10-5-2-8-18-10/h1-9H,(H,16,19)/b4-1+,14-7+. The zero-order valence-corrected chi connectivity index (χ0v) is 11.9. The fraction of sp³-hybridized carbons (Fsp3) is 0. The molecule has 3 rings (SSSR count). The molecule has 0 saturated carbocycles. The molecule has 0 aromatic carbocycles. The highest BCUT2D eigenvalue weighted by atomic mass is 32.1. The average Bonchev–Trinajstić information content (AvgIpc) is 3.17. The summed E-state index contributed by atoms with van der Waals surface area (Å²) in [4.78, 5) is 1.00. The summed E-state index contributed by atoms with van der Waals surface area (Å²) in [5.41, 5.74) is 0. The molecule has 0 saturated heterocycles. The van der Waals surface area contributed by atoms with Crippen molar-refractivity contribution in [3.63, 3.8) is 0 Å². The van der Waals surface area contributed by atoms with Crippen LogP contribution < -0.4 is 0 Å². The van der Waals surface area contributed by atoms with Crippen molar-refractivity contribution in [2.45, 2.75) is 0 Å². The topological polar surface area (TPSA) is 59.1 Å². The van der Waals surface area contributed by atoms with Gasteiger partial charge in [-0.05, 0) is 47.9 Å². The van der Waals surface area contributed by atoms with E-state index in [1.807, 2.05) is 35.7 Å². The molecule has 0 fully saturated rings. The van der Waals surface area contributed by atoms with E-state index in [0.29, 0.717) is 10.6 Å². The van der Waals surface area contributed by atoms with E-state index in [1.54, 1.807) is 34.6 Å². The Morgan fingerprint density at radius 3 is 3.10 bits per heavy atom. The van der Waals surface area contributed by atoms with Crippen molar-refractivity contribution in [1.29, 1.82) is 0 Å². The highest BCUT2D eigenvalue weighted by molar-refractivity contribution is 7.71. The number of nitrogens with zero attached hydrogens (tertiary/aromatic N) is 3. The predicted octanol–water partition coefficient (Wildman–Crippen LogP) is 3.81. The van der Waals surface area contributed by atoms with Crippen LogP contribution in [0, 0.1) is 4.77 Å². The Labute approximate surface area is 123 Å². The van der Waals surface area contributed by atoms with Gasteiger partial charge in [0.1, 0.15) is 5.76 Å². The van der Waals surface area contributed by atoms with Gasteiger partial charge in [0.2, 0.25) is 4.77 Å². The van der Waals surface area contributed by atoms with Crippen LogP contribution in [0.15, 0.2) is 51.5 Å². The molecule has 0 aliphatic rings. The van der Waals surface area contributed by atoms with Crippen LogP contribution in [0.5, 0.6) is 0 Å². The summed E-state index contributed by atoms with van der Waals surface area (Å²) in [7, 11) is 0. The summed E-state index contributed by atoms with van der Waals surface area (Å²) in [6, 6.07) is 7.63. The second-order valence-corrected chi connectivity index (χ2v) is 5.11. The number of thiophene rings is 1. The lowest BCUT2D eigenvalue weighted by atomic mass is 10.4. The van der Waals surface area contributed by atoms with Crippen LogP contribution in [0.1, 0.15) is 5.76 Å². The zero-order chi connectivity index (χ0) is 13.8. The Morgan fingerprint density at radius 1 is 1.40 bits per heavy atom. The van der Waals surface area contributed by atoms with Gasteiger partial charge in [-0.2, -0.15) is 14.9 Å². The van der Waals surface area contributed by atoms with E-state index in [1.165, 1.54) is 0 Å². The molecule has 5 nitrogen and oxygen atoms in total. The summed E-state index contributed by atoms with van der Waals surface area (Å²) in [6.45, 7) is 0. The van der Waals surface area contributed by atoms with Gasteiger partial charge in [-0.1, -0.05) is 6.07 Å². The number of nitrogens with one attached hydrogen (secondary N) is 1. The van der Waals surface area contributed by atoms with Gasteiger partial charge < -0.3 is 4.42 Å². The summed E-state index contributed by atoms with van der Waals surface area (Å²) in [5.74, 6) is 1.47. The van der Waals surface area contributed by atoms with Gasteiger partial charge >= 0.3 is 0 Å². The monoisotopic (exact) mass is 302 g/mol. The third-order valence-corrected chi connectivity index (χ3v) is 3.59. The first-order valence-electron chi connectivity index (χ1n) is 5.80. The minimum absolute atomic E-state index is 0.455. The first kappa shape index (κ1) is 12.8. The lowest BCUT2D eigenvalue weighted by molar-refractivity contribution is 0.557. The Hall–Kier alpha value is -2.25. The number of furan rings is 1. The smallest absolute Gasteiger partial charge is 0.216 e. The van der Waals surface area contributed by atoms with E-state index in [-0.39, 0.29) is 0 Å². The van der Waals surface area contributed by atoms with Gasteiger partial charge in [0.25, 0.3) is 0 Å². The van der Waals surface area contributed by atoms with E-state index in [4.69, 9.17) is 16.6 Å². The fourth-order valence-corrected chi connectivity index (χ4v) is 2.47. The summed E-state index contributed by atoms with van der Waals surface area (Å²) >= 11 is 6.75. The largest absolute Gasteiger partial charge is 0.465 e. The van der Waals surface area contributed by atoms with Crippen molar-refractivity contribution in [1.82, 2.24) is 14.9 Å². The molecule has 7 heteroatoms. The molecule has 0 radical (unpaired) electrons. The molecule has 1 N–H and O–H groups in total. The highest BCUT2D eigenvalue weighted by Gasteiger charge is 2.07. The molecule has 3 aromatic heterocycles. The van der Waals surface area contributed by atoms with E-state index in [9.17, 15) is 0 Å². The van der Waals surface area contributed by atoms with E-state index >= 15 is 0 Å². The van der Waals surface area contributed by atoms with E-state index < -0.39 is 0 Å². The zero-order valence-electron chi connectivity index (χ0n) is 10.3. The maximum absolute atomic E-state index is 5.18. The van der Waals surface area contributed by atoms with Crippen molar-refractivity contribution >= 4 is 35.8 Å². The molecule has 3 heterocycles. The Morgan fingerprint density at radius 2 is 2.35 bits per heavy atom. The highest BCUT2D eigenvalue weighted by Crippen LogP contribution is 2.22. The van der Waals surface area contributed by atoms with Crippen LogP contribution in [-0.4, -0.2) is 21.1 Å². The Kier molecular flexibility index (Phi) is 3.71. The molecule has 0 unspecified atom stereocenters. The van der Waals surface area contributed by atoms with E-state index in [2.05, 4.69) is 15.3 Å². The van der Waals surface area contributed by atoms with Gasteiger partial charge in [-0.3, -0.25) is 0 Å². The van der Waals surface area contributed by atoms with Crippen molar-refractivity contribution in [3.05, 3.63) is 52.5 Å². The van der Waals surface area contributed by atoms with Crippen molar-refractivity contribution in [2.24, 2.45) is 5.10 Å². The minimum Gasteiger partial charge on any atom is -0.465 e. The molecule has 0 aliphatic carbocycles. The third kappa shape index (κ3) is 2.68. The first-order chi connectivity index (χ1) is 9.84. The fourth-order valence-electron chi connectivity index (χ4n) is 1.59. The lowest BCUT2D eigenvalue weighted by Crippen LogP contribution is -1.91. The Balaban J connectivity index is 1.84. The van der Waals surface area contributed by atoms with E-state index in [0.717, 1.165) is 10.6 Å². The molecule has 0 aliphatic heterocycles. The second kappa shape index (κ2) is 5.81. The number of allylic oxidation sites excluding steroid dienone is 1. The van der Waals surface area contributed by atoms with Crippen molar-refractivity contribution < 1.29 is 4.42 Å². The Bertz CT molecular complexity index is 779. The molecule has 0 spiro atoms. The molecular weight excluding hydrogens is 292 g/mol. The maximum atomic E-state index is 5.18. The van der Waals surface area contributed by atoms with Crippen LogP contribution in [0.2, 0.25) is 0 Å². The third-order valence-electron chi connectivity index (χ3n) is 2.46. The normalized spacial score (nSPS) is 11.8. The summed E-state index contributed by atoms with van der Waals surface area (Å²) < 4.78 is 7.23. The number of aromatic nitrogens is 3. The predicted molar refractivity (Wildman–Crippen MR) is 82.4 cm³/mol. The molecular formula is C13H10N4OS2. The second-order valence-electron chi connectivity index (χ2n) is 3.78. The number of aromatic amines is 1. The van der Waals surface area contributed by atoms with Crippen molar-refractivity contribution in [2.75, 3.05) is 0 Å². The molecule has 0 atom stereocenters. The quantitative estimate of drug-likeness (QED) is 0.589. The summed E-state index contributed by atoms with van der Waals surface area (Å²) in [5, 5.41) is 13.2. The maximum Gasteiger partial charge on any atom is 0.216 e. The molecule has 0 amide bonds. The minimum atomic E-state index is 0.455. The van der Waals surface area contributed by atoms with Crippen LogP contribution in [0.25, 0.3) is 16.8 Å². The van der Waals surface area contributed by atoms with Gasteiger partial charge in [-0.15, -0.1) is 11.3 Å². The SMILES string of the molecule is S=c1[nH]nc(-c2cccs2)n1/N=C/C=C/c1ccco1. The molecule has 3 aromatic rings. The lowest BCUT2D eigenvalue weighted by Gasteiger charge is -1.95. The molecule has 0 bridgehead atoms. The number of hydrogen-bond acceptors (Lipinski definition) is 5. The summed E-state index contributed by atoms with van der Waals surface area (Å²) in [6.07, 6.45) is 6.87. The molecule has 20 heavy (non-hydrogen) atoms.